The Kier molecular flexibility index (Phi) is 4.02. The maximum atomic E-state index is 11.4. The first-order chi connectivity index (χ1) is 11.1. The van der Waals surface area contributed by atoms with Crippen LogP contribution in [0, 0.1) is 5.92 Å². The van der Waals surface area contributed by atoms with Crippen molar-refractivity contribution in [1.82, 2.24) is 25.3 Å². The first kappa shape index (κ1) is 15.1. The molecule has 0 amide bonds. The molecule has 3 atom stereocenters. The molecular weight excluding hydrogens is 302 g/mol. The molecule has 0 aliphatic carbocycles. The average molecular weight is 317 g/mol. The zero-order valence-electron chi connectivity index (χ0n) is 12.0. The highest BCUT2D eigenvalue weighted by Crippen LogP contribution is 2.32. The monoisotopic (exact) mass is 317 g/mol. The second kappa shape index (κ2) is 6.13. The smallest absolute Gasteiger partial charge is 0.321 e. The Morgan fingerprint density at radius 1 is 1.35 bits per heavy atom. The van der Waals surface area contributed by atoms with E-state index in [0.717, 1.165) is 0 Å². The van der Waals surface area contributed by atoms with Crippen molar-refractivity contribution in [3.8, 4) is 11.4 Å². The van der Waals surface area contributed by atoms with E-state index >= 15 is 0 Å². The number of nitrogens with one attached hydrogen (secondary N) is 1. The van der Waals surface area contributed by atoms with E-state index in [1.807, 2.05) is 6.07 Å². The number of carboxylic acid groups (broad SMARTS) is 2. The van der Waals surface area contributed by atoms with Crippen molar-refractivity contribution in [2.45, 2.75) is 18.5 Å². The van der Waals surface area contributed by atoms with Gasteiger partial charge < -0.3 is 15.5 Å². The van der Waals surface area contributed by atoms with Gasteiger partial charge in [-0.15, -0.1) is 5.10 Å². The lowest BCUT2D eigenvalue weighted by Gasteiger charge is -2.21. The molecule has 3 heterocycles. The van der Waals surface area contributed by atoms with Gasteiger partial charge in [0.15, 0.2) is 0 Å². The normalized spacial score (nSPS) is 23.7. The summed E-state index contributed by atoms with van der Waals surface area (Å²) < 4.78 is 1.56. The third-order valence-corrected chi connectivity index (χ3v) is 3.96. The van der Waals surface area contributed by atoms with Crippen LogP contribution >= 0.6 is 0 Å². The SMILES string of the molecule is O=C(O)C[C@@H]1[C@@H](C(=O)O)NC[C@@H]1n1nncc1-c1ccccn1. The van der Waals surface area contributed by atoms with Gasteiger partial charge in [-0.05, 0) is 12.1 Å². The molecule has 0 saturated carbocycles. The number of hydrogen-bond donors (Lipinski definition) is 3. The maximum absolute atomic E-state index is 11.4. The first-order valence-electron chi connectivity index (χ1n) is 7.07. The minimum absolute atomic E-state index is 0.268. The Morgan fingerprint density at radius 3 is 2.83 bits per heavy atom. The predicted octanol–water partition coefficient (Wildman–Crippen LogP) is 0.0285. The van der Waals surface area contributed by atoms with Crippen molar-refractivity contribution < 1.29 is 19.8 Å². The Morgan fingerprint density at radius 2 is 2.17 bits per heavy atom. The van der Waals surface area contributed by atoms with Crippen LogP contribution in [0.4, 0.5) is 0 Å². The van der Waals surface area contributed by atoms with E-state index in [4.69, 9.17) is 5.11 Å². The Balaban J connectivity index is 1.96. The topological polar surface area (TPSA) is 130 Å². The minimum atomic E-state index is -1.07. The van der Waals surface area contributed by atoms with Gasteiger partial charge in [0.2, 0.25) is 0 Å². The zero-order chi connectivity index (χ0) is 16.4. The molecule has 23 heavy (non-hydrogen) atoms. The molecule has 120 valence electrons. The number of carbonyl (C=O) groups is 2. The maximum Gasteiger partial charge on any atom is 0.321 e. The van der Waals surface area contributed by atoms with Crippen LogP contribution in [0.2, 0.25) is 0 Å². The summed E-state index contributed by atoms with van der Waals surface area (Å²) in [4.78, 5) is 26.7. The highest BCUT2D eigenvalue weighted by Gasteiger charge is 2.43. The standard InChI is InChI=1S/C14H15N5O4/c20-12(21)5-8-10(6-16-13(8)14(22)23)19-11(7-17-18-19)9-3-1-2-4-15-9/h1-4,7-8,10,13,16H,5-6H2,(H,20,21)(H,22,23)/t8-,10-,13-/m0/s1. The Hall–Kier alpha value is -2.81. The van der Waals surface area contributed by atoms with Crippen molar-refractivity contribution in [3.63, 3.8) is 0 Å². The van der Waals surface area contributed by atoms with Crippen molar-refractivity contribution >= 4 is 11.9 Å². The lowest BCUT2D eigenvalue weighted by molar-refractivity contribution is -0.142. The summed E-state index contributed by atoms with van der Waals surface area (Å²) in [6, 6.07) is 4.03. The third kappa shape index (κ3) is 2.90. The van der Waals surface area contributed by atoms with Crippen LogP contribution in [0.1, 0.15) is 12.5 Å². The number of nitrogens with zero attached hydrogens (tertiary/aromatic N) is 4. The van der Waals surface area contributed by atoms with Crippen molar-refractivity contribution in [2.24, 2.45) is 5.92 Å². The molecular formula is C14H15N5O4. The lowest BCUT2D eigenvalue weighted by atomic mass is 9.92. The van der Waals surface area contributed by atoms with E-state index in [0.29, 0.717) is 17.9 Å². The van der Waals surface area contributed by atoms with E-state index in [1.165, 1.54) is 6.20 Å². The van der Waals surface area contributed by atoms with Crippen LogP contribution in [-0.4, -0.2) is 54.7 Å². The fourth-order valence-electron chi connectivity index (χ4n) is 2.95. The molecule has 9 heteroatoms. The predicted molar refractivity (Wildman–Crippen MR) is 77.5 cm³/mol. The van der Waals surface area contributed by atoms with Gasteiger partial charge in [-0.25, -0.2) is 4.68 Å². The van der Waals surface area contributed by atoms with Crippen LogP contribution in [-0.2, 0) is 9.59 Å². The average Bonchev–Trinajstić information content (AvgIpc) is 3.13. The lowest BCUT2D eigenvalue weighted by Crippen LogP contribution is -2.37. The molecule has 2 aromatic heterocycles. The van der Waals surface area contributed by atoms with E-state index in [-0.39, 0.29) is 6.42 Å². The van der Waals surface area contributed by atoms with Crippen LogP contribution in [0.3, 0.4) is 0 Å². The molecule has 0 aromatic carbocycles. The van der Waals surface area contributed by atoms with Gasteiger partial charge in [0.25, 0.3) is 0 Å². The van der Waals surface area contributed by atoms with Crippen molar-refractivity contribution in [1.29, 1.82) is 0 Å². The van der Waals surface area contributed by atoms with Crippen LogP contribution in [0.5, 0.6) is 0 Å². The number of hydrogen-bond acceptors (Lipinski definition) is 6. The fraction of sp³-hybridized carbons (Fsp3) is 0.357. The van der Waals surface area contributed by atoms with Gasteiger partial charge in [0.1, 0.15) is 11.7 Å². The van der Waals surface area contributed by atoms with Crippen LogP contribution < -0.4 is 5.32 Å². The highest BCUT2D eigenvalue weighted by atomic mass is 16.4. The summed E-state index contributed by atoms with van der Waals surface area (Å²) in [5, 5.41) is 29.1. The van der Waals surface area contributed by atoms with Gasteiger partial charge >= 0.3 is 11.9 Å². The number of carboxylic acids is 2. The van der Waals surface area contributed by atoms with Gasteiger partial charge in [-0.3, -0.25) is 14.6 Å². The molecule has 0 unspecified atom stereocenters. The zero-order valence-corrected chi connectivity index (χ0v) is 12.0. The summed E-state index contributed by atoms with van der Waals surface area (Å²) in [7, 11) is 0. The first-order valence-corrected chi connectivity index (χ1v) is 7.07. The molecule has 2 aromatic rings. The molecule has 0 bridgehead atoms. The minimum Gasteiger partial charge on any atom is -0.481 e. The van der Waals surface area contributed by atoms with Crippen LogP contribution in [0.25, 0.3) is 11.4 Å². The summed E-state index contributed by atoms with van der Waals surface area (Å²) >= 11 is 0. The molecule has 3 rings (SSSR count). The van der Waals surface area contributed by atoms with Gasteiger partial charge in [-0.2, -0.15) is 0 Å². The summed E-state index contributed by atoms with van der Waals surface area (Å²) in [5.74, 6) is -2.75. The summed E-state index contributed by atoms with van der Waals surface area (Å²) in [6.07, 6.45) is 2.90. The molecule has 3 N–H and O–H groups in total. The second-order valence-electron chi connectivity index (χ2n) is 5.33. The molecule has 9 nitrogen and oxygen atoms in total. The van der Waals surface area contributed by atoms with E-state index < -0.39 is 29.9 Å². The summed E-state index contributed by atoms with van der Waals surface area (Å²) in [5.41, 5.74) is 1.27. The number of aromatic nitrogens is 4. The highest BCUT2D eigenvalue weighted by molar-refractivity contribution is 5.76. The number of pyridine rings is 1. The van der Waals surface area contributed by atoms with E-state index in [1.54, 1.807) is 23.0 Å². The Labute approximate surface area is 131 Å². The van der Waals surface area contributed by atoms with Gasteiger partial charge in [0.05, 0.1) is 24.4 Å². The third-order valence-electron chi connectivity index (χ3n) is 3.96. The largest absolute Gasteiger partial charge is 0.481 e. The molecule has 1 aliphatic rings. The van der Waals surface area contributed by atoms with E-state index in [9.17, 15) is 14.7 Å². The number of aliphatic carboxylic acids is 2. The van der Waals surface area contributed by atoms with Gasteiger partial charge in [-0.1, -0.05) is 11.3 Å². The molecule has 0 spiro atoms. The second-order valence-corrected chi connectivity index (χ2v) is 5.33. The van der Waals surface area contributed by atoms with Gasteiger partial charge in [0, 0.05) is 18.7 Å². The molecule has 1 fully saturated rings. The number of rotatable bonds is 5. The van der Waals surface area contributed by atoms with Crippen LogP contribution in [0.15, 0.2) is 30.6 Å². The van der Waals surface area contributed by atoms with E-state index in [2.05, 4.69) is 20.6 Å². The quantitative estimate of drug-likeness (QED) is 0.704. The fourth-order valence-corrected chi connectivity index (χ4v) is 2.95. The summed E-state index contributed by atoms with van der Waals surface area (Å²) in [6.45, 7) is 0.304. The molecule has 1 aliphatic heterocycles. The Bertz CT molecular complexity index is 717. The van der Waals surface area contributed by atoms with Crippen molar-refractivity contribution in [3.05, 3.63) is 30.6 Å². The molecule has 0 radical (unpaired) electrons. The van der Waals surface area contributed by atoms with Crippen molar-refractivity contribution in [2.75, 3.05) is 6.54 Å². The molecule has 1 saturated heterocycles.